The van der Waals surface area contributed by atoms with Crippen LogP contribution in [0.2, 0.25) is 0 Å². The van der Waals surface area contributed by atoms with Crippen LogP contribution in [0.25, 0.3) is 0 Å². The SMILES string of the molecule is [2H]C([2H])([2H])C(=O)Nc1ccc(C(=O)NCCC(=O)O)cc1. The van der Waals surface area contributed by atoms with E-state index >= 15 is 0 Å². The molecule has 0 bridgehead atoms. The van der Waals surface area contributed by atoms with Crippen LogP contribution in [0.4, 0.5) is 5.69 Å². The minimum absolute atomic E-state index is 0.00566. The van der Waals surface area contributed by atoms with Gasteiger partial charge in [0, 0.05) is 28.8 Å². The summed E-state index contributed by atoms with van der Waals surface area (Å²) in [5, 5.41) is 13.1. The van der Waals surface area contributed by atoms with Crippen molar-refractivity contribution in [1.82, 2.24) is 5.32 Å². The fourth-order valence-corrected chi connectivity index (χ4v) is 1.22. The highest BCUT2D eigenvalue weighted by atomic mass is 16.4. The highest BCUT2D eigenvalue weighted by Gasteiger charge is 2.06. The summed E-state index contributed by atoms with van der Waals surface area (Å²) in [7, 11) is 0. The second kappa shape index (κ2) is 6.39. The predicted molar refractivity (Wildman–Crippen MR) is 65.3 cm³/mol. The Bertz CT molecular complexity index is 540. The number of nitrogens with one attached hydrogen (secondary N) is 2. The highest BCUT2D eigenvalue weighted by molar-refractivity contribution is 5.95. The number of carboxylic acids is 1. The topological polar surface area (TPSA) is 95.5 Å². The zero-order chi connectivity index (χ0) is 16.0. The summed E-state index contributed by atoms with van der Waals surface area (Å²) < 4.78 is 20.8. The molecular formula is C12H14N2O4. The summed E-state index contributed by atoms with van der Waals surface area (Å²) in [6.45, 7) is -2.74. The first-order valence-corrected chi connectivity index (χ1v) is 5.11. The number of hydrogen-bond acceptors (Lipinski definition) is 3. The lowest BCUT2D eigenvalue weighted by Crippen LogP contribution is -2.25. The molecule has 0 aliphatic carbocycles. The van der Waals surface area contributed by atoms with E-state index in [1.807, 2.05) is 0 Å². The molecule has 1 rings (SSSR count). The summed E-state index contributed by atoms with van der Waals surface area (Å²) in [6.07, 6.45) is -0.182. The molecule has 0 radical (unpaired) electrons. The Morgan fingerprint density at radius 1 is 1.28 bits per heavy atom. The molecule has 0 heterocycles. The first-order valence-electron chi connectivity index (χ1n) is 6.61. The second-order valence-corrected chi connectivity index (χ2v) is 3.43. The lowest BCUT2D eigenvalue weighted by molar-refractivity contribution is -0.136. The maximum absolute atomic E-state index is 11.6. The molecule has 0 aliphatic heterocycles. The summed E-state index contributed by atoms with van der Waals surface area (Å²) in [4.78, 5) is 33.2. The van der Waals surface area contributed by atoms with Crippen molar-refractivity contribution >= 4 is 23.5 Å². The van der Waals surface area contributed by atoms with E-state index in [9.17, 15) is 14.4 Å². The maximum atomic E-state index is 11.6. The molecule has 2 amide bonds. The van der Waals surface area contributed by atoms with Gasteiger partial charge in [0.2, 0.25) is 5.91 Å². The van der Waals surface area contributed by atoms with Gasteiger partial charge in [0.1, 0.15) is 0 Å². The van der Waals surface area contributed by atoms with E-state index < -0.39 is 24.6 Å². The van der Waals surface area contributed by atoms with Gasteiger partial charge in [-0.2, -0.15) is 0 Å². The Morgan fingerprint density at radius 2 is 1.94 bits per heavy atom. The van der Waals surface area contributed by atoms with Crippen LogP contribution >= 0.6 is 0 Å². The molecule has 0 atom stereocenters. The van der Waals surface area contributed by atoms with Gasteiger partial charge in [-0.05, 0) is 24.3 Å². The number of carbonyl (C=O) groups excluding carboxylic acids is 2. The van der Waals surface area contributed by atoms with Crippen molar-refractivity contribution in [2.24, 2.45) is 0 Å². The van der Waals surface area contributed by atoms with E-state index in [0.717, 1.165) is 0 Å². The number of amides is 2. The van der Waals surface area contributed by atoms with E-state index in [4.69, 9.17) is 9.22 Å². The second-order valence-electron chi connectivity index (χ2n) is 3.43. The fourth-order valence-electron chi connectivity index (χ4n) is 1.22. The molecule has 0 saturated heterocycles. The molecule has 96 valence electrons. The summed E-state index contributed by atoms with van der Waals surface area (Å²) >= 11 is 0. The summed E-state index contributed by atoms with van der Waals surface area (Å²) in [5.41, 5.74) is 0.519. The number of hydrogen-bond donors (Lipinski definition) is 3. The van der Waals surface area contributed by atoms with Crippen LogP contribution in [0.5, 0.6) is 0 Å². The monoisotopic (exact) mass is 253 g/mol. The minimum atomic E-state index is -2.74. The van der Waals surface area contributed by atoms with Crippen LogP contribution in [-0.2, 0) is 9.59 Å². The van der Waals surface area contributed by atoms with Crippen LogP contribution in [0.15, 0.2) is 24.3 Å². The van der Waals surface area contributed by atoms with Crippen molar-refractivity contribution in [2.75, 3.05) is 11.9 Å². The average molecular weight is 253 g/mol. The lowest BCUT2D eigenvalue weighted by atomic mass is 10.2. The Balaban J connectivity index is 2.59. The van der Waals surface area contributed by atoms with Crippen molar-refractivity contribution in [3.63, 3.8) is 0 Å². The lowest BCUT2D eigenvalue weighted by Gasteiger charge is -2.05. The van der Waals surface area contributed by atoms with Gasteiger partial charge in [-0.25, -0.2) is 0 Å². The van der Waals surface area contributed by atoms with Gasteiger partial charge in [-0.1, -0.05) is 0 Å². The van der Waals surface area contributed by atoms with E-state index in [1.54, 1.807) is 0 Å². The molecule has 0 unspecified atom stereocenters. The molecule has 0 saturated carbocycles. The zero-order valence-corrected chi connectivity index (χ0v) is 9.40. The van der Waals surface area contributed by atoms with Crippen LogP contribution in [0, 0.1) is 0 Å². The van der Waals surface area contributed by atoms with Gasteiger partial charge in [0.05, 0.1) is 6.42 Å². The molecule has 6 nitrogen and oxygen atoms in total. The number of anilines is 1. The van der Waals surface area contributed by atoms with Gasteiger partial charge in [0.15, 0.2) is 0 Å². The maximum Gasteiger partial charge on any atom is 0.305 e. The normalized spacial score (nSPS) is 12.8. The van der Waals surface area contributed by atoms with E-state index in [0.29, 0.717) is 0 Å². The predicted octanol–water partition coefficient (Wildman–Crippen LogP) is 0.849. The Kier molecular flexibility index (Phi) is 3.42. The van der Waals surface area contributed by atoms with Crippen molar-refractivity contribution in [1.29, 1.82) is 0 Å². The Labute approximate surface area is 108 Å². The van der Waals surface area contributed by atoms with Gasteiger partial charge in [0.25, 0.3) is 5.91 Å². The number of carboxylic acid groups (broad SMARTS) is 1. The molecule has 1 aromatic rings. The fraction of sp³-hybridized carbons (Fsp3) is 0.250. The third-order valence-electron chi connectivity index (χ3n) is 2.03. The molecule has 18 heavy (non-hydrogen) atoms. The van der Waals surface area contributed by atoms with Gasteiger partial charge in [-0.15, -0.1) is 0 Å². The molecule has 6 heteroatoms. The quantitative estimate of drug-likeness (QED) is 0.724. The number of rotatable bonds is 5. The van der Waals surface area contributed by atoms with E-state index in [2.05, 4.69) is 10.6 Å². The van der Waals surface area contributed by atoms with Crippen LogP contribution in [0.3, 0.4) is 0 Å². The third-order valence-corrected chi connectivity index (χ3v) is 2.03. The largest absolute Gasteiger partial charge is 0.481 e. The van der Waals surface area contributed by atoms with Gasteiger partial charge < -0.3 is 15.7 Å². The van der Waals surface area contributed by atoms with Crippen molar-refractivity contribution < 1.29 is 23.6 Å². The Morgan fingerprint density at radius 3 is 2.50 bits per heavy atom. The first kappa shape index (κ1) is 9.64. The molecular weight excluding hydrogens is 236 g/mol. The third kappa shape index (κ3) is 4.65. The molecule has 1 aromatic carbocycles. The van der Waals surface area contributed by atoms with Crippen LogP contribution in [0.1, 0.15) is 27.7 Å². The molecule has 3 N–H and O–H groups in total. The average Bonchev–Trinajstić information content (AvgIpc) is 2.37. The summed E-state index contributed by atoms with van der Waals surface area (Å²) in [5.74, 6) is -2.58. The van der Waals surface area contributed by atoms with Gasteiger partial charge >= 0.3 is 5.97 Å². The molecule has 0 aliphatic rings. The molecule has 0 fully saturated rings. The van der Waals surface area contributed by atoms with Crippen molar-refractivity contribution in [2.45, 2.75) is 13.3 Å². The van der Waals surface area contributed by atoms with E-state index in [1.165, 1.54) is 24.3 Å². The smallest absolute Gasteiger partial charge is 0.305 e. The first-order chi connectivity index (χ1) is 9.70. The minimum Gasteiger partial charge on any atom is -0.481 e. The van der Waals surface area contributed by atoms with E-state index in [-0.39, 0.29) is 24.2 Å². The summed E-state index contributed by atoms with van der Waals surface area (Å²) in [6, 6.07) is 5.56. The zero-order valence-electron chi connectivity index (χ0n) is 12.4. The number of carbonyl (C=O) groups is 3. The van der Waals surface area contributed by atoms with Crippen molar-refractivity contribution in [3.05, 3.63) is 29.8 Å². The Hall–Kier alpha value is -2.37. The van der Waals surface area contributed by atoms with Crippen LogP contribution in [-0.4, -0.2) is 29.4 Å². The van der Waals surface area contributed by atoms with Gasteiger partial charge in [-0.3, -0.25) is 14.4 Å². The highest BCUT2D eigenvalue weighted by Crippen LogP contribution is 2.09. The number of aliphatic carboxylic acids is 1. The van der Waals surface area contributed by atoms with Crippen molar-refractivity contribution in [3.8, 4) is 0 Å². The standard InChI is InChI=1S/C12H14N2O4/c1-8(15)14-10-4-2-9(3-5-10)12(18)13-7-6-11(16)17/h2-5H,6-7H2,1H3,(H,13,18)(H,14,15)(H,16,17)/i1D3. The molecule has 0 spiro atoms. The van der Waals surface area contributed by atoms with Crippen LogP contribution < -0.4 is 10.6 Å². The number of benzene rings is 1. The molecule has 0 aromatic heterocycles.